The zero-order valence-corrected chi connectivity index (χ0v) is 41.2. The van der Waals surface area contributed by atoms with Crippen molar-refractivity contribution in [2.24, 2.45) is 0 Å². The van der Waals surface area contributed by atoms with Gasteiger partial charge < -0.3 is 9.80 Å². The predicted molar refractivity (Wildman–Crippen MR) is 293 cm³/mol. The Morgan fingerprint density at radius 2 is 0.716 bits per heavy atom. The second kappa shape index (κ2) is 15.4. The van der Waals surface area contributed by atoms with Crippen LogP contribution in [0.4, 0.5) is 34.1 Å². The average molecular weight is 895 g/mol. The molecule has 10 aromatic carbocycles. The Balaban J connectivity index is 1.15. The molecule has 0 unspecified atom stereocenters. The first-order valence-electron chi connectivity index (χ1n) is 23.8. The van der Waals surface area contributed by atoms with Crippen LogP contribution >= 0.6 is 0 Å². The zero-order valence-electron chi connectivity index (χ0n) is 39.2. The molecule has 0 atom stereocenters. The average Bonchev–Trinajstić information content (AvgIpc) is 3.82. The molecule has 12 rings (SSSR count). The molecule has 67 heavy (non-hydrogen) atoms. The highest BCUT2D eigenvalue weighted by molar-refractivity contribution is 6.89. The van der Waals surface area contributed by atoms with Crippen LogP contribution in [0.2, 0.25) is 39.3 Å². The van der Waals surface area contributed by atoms with Gasteiger partial charge in [-0.3, -0.25) is 0 Å². The largest absolute Gasteiger partial charge is 0.310 e. The Morgan fingerprint density at radius 1 is 0.299 bits per heavy atom. The maximum Gasteiger partial charge on any atom is 0.0775 e. The van der Waals surface area contributed by atoms with Crippen LogP contribution in [0.1, 0.15) is 22.3 Å². The van der Waals surface area contributed by atoms with Crippen LogP contribution in [0.25, 0.3) is 43.8 Å². The van der Waals surface area contributed by atoms with Crippen LogP contribution in [0.15, 0.2) is 218 Å². The van der Waals surface area contributed by atoms with Crippen molar-refractivity contribution < 1.29 is 0 Å². The normalized spacial score (nSPS) is 13.3. The Hall–Kier alpha value is -7.25. The van der Waals surface area contributed by atoms with Gasteiger partial charge in [0.1, 0.15) is 0 Å². The van der Waals surface area contributed by atoms with Gasteiger partial charge in [-0.25, -0.2) is 0 Å². The topological polar surface area (TPSA) is 6.48 Å². The monoisotopic (exact) mass is 894 g/mol. The molecule has 2 aliphatic rings. The fourth-order valence-corrected chi connectivity index (χ4v) is 13.7. The molecule has 10 aromatic rings. The summed E-state index contributed by atoms with van der Waals surface area (Å²) < 4.78 is 0. The highest BCUT2D eigenvalue weighted by Crippen LogP contribution is 2.66. The van der Waals surface area contributed by atoms with Gasteiger partial charge in [-0.05, 0) is 139 Å². The van der Waals surface area contributed by atoms with Gasteiger partial charge in [0, 0.05) is 34.1 Å². The van der Waals surface area contributed by atoms with Gasteiger partial charge in [0.2, 0.25) is 0 Å². The molecule has 324 valence electrons. The maximum absolute atomic E-state index is 2.53. The molecule has 0 amide bonds. The van der Waals surface area contributed by atoms with Crippen LogP contribution in [0, 0.1) is 0 Å². The minimum absolute atomic E-state index is 0.576. The standard InChI is InChI=1S/C63H54N2Si2/c1-66(2,3)49-35-29-45(30-36-49)64(43-19-9-7-10-20-43)47-33-39-55-57(41-47)51-23-13-14-26-54(51)61-56-40-34-48(65(44-21-11-8-12-22-44)46-31-37-50(38-32-46)67(4,5)6)42-60(56)63(62(55)61)58-27-17-15-24-52(58)53-25-16-18-28-59(53)63/h7-42H,1-6H3. The van der Waals surface area contributed by atoms with E-state index in [9.17, 15) is 0 Å². The molecule has 0 saturated heterocycles. The van der Waals surface area contributed by atoms with Gasteiger partial charge >= 0.3 is 0 Å². The third kappa shape index (κ3) is 6.42. The molecular weight excluding hydrogens is 841 g/mol. The third-order valence-corrected chi connectivity index (χ3v) is 18.7. The van der Waals surface area contributed by atoms with Crippen molar-refractivity contribution >= 4 is 82.2 Å². The summed E-state index contributed by atoms with van der Waals surface area (Å²) in [5, 5.41) is 8.00. The molecule has 0 aromatic heterocycles. The summed E-state index contributed by atoms with van der Waals surface area (Å²) in [4.78, 5) is 4.88. The van der Waals surface area contributed by atoms with Crippen LogP contribution < -0.4 is 20.2 Å². The number of hydrogen-bond acceptors (Lipinski definition) is 2. The maximum atomic E-state index is 2.53. The summed E-state index contributed by atoms with van der Waals surface area (Å²) in [6.07, 6.45) is 0. The van der Waals surface area contributed by atoms with E-state index in [0.717, 1.165) is 34.1 Å². The number of benzene rings is 10. The third-order valence-electron chi connectivity index (χ3n) is 14.5. The Labute approximate surface area is 397 Å². The molecule has 0 fully saturated rings. The van der Waals surface area contributed by atoms with Crippen molar-refractivity contribution in [2.75, 3.05) is 9.80 Å². The van der Waals surface area contributed by atoms with E-state index in [1.807, 2.05) is 0 Å². The summed E-state index contributed by atoms with van der Waals surface area (Å²) >= 11 is 0. The van der Waals surface area contributed by atoms with Gasteiger partial charge in [0.15, 0.2) is 0 Å². The quantitative estimate of drug-likeness (QED) is 0.111. The van der Waals surface area contributed by atoms with Crippen LogP contribution in [0.3, 0.4) is 0 Å². The smallest absolute Gasteiger partial charge is 0.0775 e. The molecule has 4 heteroatoms. The summed E-state index contributed by atoms with van der Waals surface area (Å²) in [5.41, 5.74) is 16.9. The van der Waals surface area contributed by atoms with E-state index in [1.54, 1.807) is 0 Å². The highest BCUT2D eigenvalue weighted by atomic mass is 28.3. The van der Waals surface area contributed by atoms with E-state index in [-0.39, 0.29) is 0 Å². The molecular formula is C63H54N2Si2. The molecule has 0 bridgehead atoms. The predicted octanol–water partition coefficient (Wildman–Crippen LogP) is 16.4. The number of anilines is 6. The molecule has 0 N–H and O–H groups in total. The Morgan fingerprint density at radius 3 is 1.24 bits per heavy atom. The van der Waals surface area contributed by atoms with Crippen molar-refractivity contribution in [3.05, 3.63) is 241 Å². The van der Waals surface area contributed by atoms with Gasteiger partial charge in [-0.15, -0.1) is 0 Å². The number of hydrogen-bond donors (Lipinski definition) is 0. The lowest BCUT2D eigenvalue weighted by Crippen LogP contribution is -2.37. The number of rotatable bonds is 8. The lowest BCUT2D eigenvalue weighted by atomic mass is 9.69. The molecule has 0 saturated carbocycles. The van der Waals surface area contributed by atoms with Crippen LogP contribution in [-0.2, 0) is 5.41 Å². The highest BCUT2D eigenvalue weighted by Gasteiger charge is 2.53. The lowest BCUT2D eigenvalue weighted by molar-refractivity contribution is 0.801. The second-order valence-electron chi connectivity index (χ2n) is 20.5. The van der Waals surface area contributed by atoms with Gasteiger partial charge in [-0.1, -0.05) is 195 Å². The SMILES string of the molecule is C[Si](C)(C)c1ccc(N(c2ccccc2)c2ccc3c(c2)C2(c4ccccc4-c4ccccc42)c2c-3c3ccccc3c3cc(N(c4ccccc4)c4ccc([Si](C)(C)C)cc4)ccc23)cc1. The van der Waals surface area contributed by atoms with E-state index >= 15 is 0 Å². The van der Waals surface area contributed by atoms with Gasteiger partial charge in [-0.2, -0.15) is 0 Å². The van der Waals surface area contributed by atoms with E-state index in [2.05, 4.69) is 267 Å². The molecule has 0 aliphatic heterocycles. The fraction of sp³-hybridized carbons (Fsp3) is 0.111. The van der Waals surface area contributed by atoms with E-state index in [0.29, 0.717) is 0 Å². The Bertz CT molecular complexity index is 3480. The second-order valence-corrected chi connectivity index (χ2v) is 30.7. The van der Waals surface area contributed by atoms with Gasteiger partial charge in [0.05, 0.1) is 21.6 Å². The fourth-order valence-electron chi connectivity index (χ4n) is 11.4. The first-order valence-corrected chi connectivity index (χ1v) is 30.8. The number of nitrogens with zero attached hydrogens (tertiary/aromatic N) is 2. The Kier molecular flexibility index (Phi) is 9.48. The van der Waals surface area contributed by atoms with Crippen LogP contribution in [-0.4, -0.2) is 16.1 Å². The van der Waals surface area contributed by atoms with Crippen LogP contribution in [0.5, 0.6) is 0 Å². The number of fused-ring (bicyclic) bond motifs is 15. The molecule has 2 aliphatic carbocycles. The van der Waals surface area contributed by atoms with Crippen molar-refractivity contribution in [3.8, 4) is 22.3 Å². The summed E-state index contributed by atoms with van der Waals surface area (Å²) in [6, 6.07) is 82.6. The van der Waals surface area contributed by atoms with Gasteiger partial charge in [0.25, 0.3) is 0 Å². The van der Waals surface area contributed by atoms with E-state index in [4.69, 9.17) is 0 Å². The summed E-state index contributed by atoms with van der Waals surface area (Å²) in [7, 11) is -3.00. The van der Waals surface area contributed by atoms with Crippen molar-refractivity contribution in [2.45, 2.75) is 44.7 Å². The van der Waals surface area contributed by atoms with Crippen molar-refractivity contribution in [1.29, 1.82) is 0 Å². The van der Waals surface area contributed by atoms with E-state index < -0.39 is 21.6 Å². The first-order chi connectivity index (χ1) is 32.5. The zero-order chi connectivity index (χ0) is 45.7. The first kappa shape index (κ1) is 41.2. The lowest BCUT2D eigenvalue weighted by Gasteiger charge is -2.33. The van der Waals surface area contributed by atoms with Crippen molar-refractivity contribution in [1.82, 2.24) is 0 Å². The van der Waals surface area contributed by atoms with Crippen molar-refractivity contribution in [3.63, 3.8) is 0 Å². The summed E-state index contributed by atoms with van der Waals surface area (Å²) in [6.45, 7) is 14.5. The molecule has 2 nitrogen and oxygen atoms in total. The number of para-hydroxylation sites is 2. The molecule has 0 heterocycles. The minimum Gasteiger partial charge on any atom is -0.310 e. The summed E-state index contributed by atoms with van der Waals surface area (Å²) in [5.74, 6) is 0. The minimum atomic E-state index is -1.51. The van der Waals surface area contributed by atoms with E-state index in [1.165, 1.54) is 76.4 Å². The molecule has 0 radical (unpaired) electrons. The molecule has 1 spiro atoms.